The second-order valence-corrected chi connectivity index (χ2v) is 13.3. The number of likely N-dealkylation sites (tertiary alicyclic amines) is 1. The predicted octanol–water partition coefficient (Wildman–Crippen LogP) is 7.09. The van der Waals surface area contributed by atoms with Gasteiger partial charge in [-0.2, -0.15) is 0 Å². The van der Waals surface area contributed by atoms with Crippen LogP contribution in [0.4, 0.5) is 9.18 Å². The largest absolute Gasteiger partial charge is 0.488 e. The molecule has 1 unspecified atom stereocenters. The number of carbonyl (C=O) groups is 1. The molecule has 2 fully saturated rings. The number of hydrogen-bond acceptors (Lipinski definition) is 6. The molecule has 1 saturated carbocycles. The maximum absolute atomic E-state index is 15.0. The highest BCUT2D eigenvalue weighted by Gasteiger charge is 2.42. The van der Waals surface area contributed by atoms with E-state index in [9.17, 15) is 14.3 Å². The molecule has 3 atom stereocenters. The summed E-state index contributed by atoms with van der Waals surface area (Å²) in [6, 6.07) is 8.56. The van der Waals surface area contributed by atoms with Gasteiger partial charge in [0.25, 0.3) is 0 Å². The number of aliphatic hydroxyl groups excluding tert-OH is 1. The topological polar surface area (TPSA) is 80.3 Å². The van der Waals surface area contributed by atoms with E-state index in [2.05, 4.69) is 17.4 Å². The van der Waals surface area contributed by atoms with Crippen molar-refractivity contribution in [2.45, 2.75) is 95.8 Å². The lowest BCUT2D eigenvalue weighted by molar-refractivity contribution is -0.116. The minimum Gasteiger partial charge on any atom is -0.488 e. The zero-order valence-corrected chi connectivity index (χ0v) is 26.6. The summed E-state index contributed by atoms with van der Waals surface area (Å²) < 4.78 is 31.8. The highest BCUT2D eigenvalue weighted by Crippen LogP contribution is 2.41. The molecule has 2 aromatic carbocycles. The summed E-state index contributed by atoms with van der Waals surface area (Å²) in [5, 5.41) is 14.5. The second kappa shape index (κ2) is 14.1. The minimum absolute atomic E-state index is 0.116. The van der Waals surface area contributed by atoms with Gasteiger partial charge in [-0.15, -0.1) is 0 Å². The monoisotopic (exact) mass is 624 g/mol. The molecule has 0 radical (unpaired) electrons. The quantitative estimate of drug-likeness (QED) is 0.290. The number of nitrogens with zero attached hydrogens (tertiary/aromatic N) is 1. The van der Waals surface area contributed by atoms with Gasteiger partial charge >= 0.3 is 6.09 Å². The number of rotatable bonds is 9. The van der Waals surface area contributed by atoms with Crippen LogP contribution in [0.1, 0.15) is 75.5 Å². The Hall–Kier alpha value is -2.10. The molecular weight excluding hydrogens is 582 g/mol. The zero-order chi connectivity index (χ0) is 30.6. The van der Waals surface area contributed by atoms with Crippen LogP contribution in [-0.2, 0) is 22.4 Å². The highest BCUT2D eigenvalue weighted by molar-refractivity contribution is 6.31. The van der Waals surface area contributed by atoms with Crippen LogP contribution in [-0.4, -0.2) is 60.8 Å². The van der Waals surface area contributed by atoms with Gasteiger partial charge < -0.3 is 24.6 Å². The fraction of sp³-hybridized carbons (Fsp3) is 0.594. The van der Waals surface area contributed by atoms with Crippen LogP contribution in [0.3, 0.4) is 0 Å². The van der Waals surface area contributed by atoms with E-state index in [1.807, 2.05) is 13.1 Å². The van der Waals surface area contributed by atoms with Crippen LogP contribution in [0.5, 0.6) is 5.75 Å². The zero-order valence-electron chi connectivity index (χ0n) is 25.1. The van der Waals surface area contributed by atoms with Gasteiger partial charge in [-0.1, -0.05) is 29.3 Å². The molecule has 42 heavy (non-hydrogen) atoms. The minimum atomic E-state index is -1.21. The molecule has 10 heteroatoms. The average molecular weight is 626 g/mol. The highest BCUT2D eigenvalue weighted by atomic mass is 35.5. The third-order valence-electron chi connectivity index (χ3n) is 8.15. The van der Waals surface area contributed by atoms with E-state index in [-0.39, 0.29) is 11.6 Å². The molecule has 1 aliphatic carbocycles. The lowest BCUT2D eigenvalue weighted by Crippen LogP contribution is -2.45. The molecule has 2 N–H and O–H groups in total. The van der Waals surface area contributed by atoms with Crippen molar-refractivity contribution in [3.05, 3.63) is 62.9 Å². The molecule has 7 nitrogen and oxygen atoms in total. The maximum Gasteiger partial charge on any atom is 0.410 e. The first-order chi connectivity index (χ1) is 19.9. The summed E-state index contributed by atoms with van der Waals surface area (Å²) in [5.74, 6) is 0.619. The van der Waals surface area contributed by atoms with Gasteiger partial charge in [0.15, 0.2) is 6.29 Å². The molecule has 1 amide bonds. The van der Waals surface area contributed by atoms with Crippen LogP contribution < -0.4 is 10.1 Å². The van der Waals surface area contributed by atoms with Gasteiger partial charge in [-0.3, -0.25) is 4.90 Å². The molecule has 0 bridgehead atoms. The number of methoxy groups -OCH3 is 1. The van der Waals surface area contributed by atoms with Crippen LogP contribution >= 0.6 is 23.2 Å². The molecule has 1 heterocycles. The SMILES string of the molecule is CNCc1ccc(Cl)cc1[C@H]1CC[C@H](Cc2cc(O[C@H]3C[C@@H](C(O)OC)N(C(=O)OC(C)(C)C)C3)cc(F)c2Cl)CC1. The van der Waals surface area contributed by atoms with E-state index >= 15 is 0 Å². The smallest absolute Gasteiger partial charge is 0.410 e. The molecule has 0 aromatic heterocycles. The summed E-state index contributed by atoms with van der Waals surface area (Å²) >= 11 is 12.8. The number of aliphatic hydroxyl groups is 1. The second-order valence-electron chi connectivity index (χ2n) is 12.5. The Morgan fingerprint density at radius 2 is 1.86 bits per heavy atom. The number of hydrogen-bond donors (Lipinski definition) is 2. The Balaban J connectivity index is 1.42. The normalized spacial score (nSPS) is 23.6. The number of ether oxygens (including phenoxy) is 3. The van der Waals surface area contributed by atoms with Crippen molar-refractivity contribution in [1.82, 2.24) is 10.2 Å². The van der Waals surface area contributed by atoms with Crippen molar-refractivity contribution in [1.29, 1.82) is 0 Å². The number of carbonyl (C=O) groups excluding carboxylic acids is 1. The van der Waals surface area contributed by atoms with Crippen LogP contribution in [0.25, 0.3) is 0 Å². The Bertz CT molecular complexity index is 1230. The molecule has 1 saturated heterocycles. The first-order valence-electron chi connectivity index (χ1n) is 14.7. The average Bonchev–Trinajstić information content (AvgIpc) is 3.35. The van der Waals surface area contributed by atoms with E-state index in [0.29, 0.717) is 36.0 Å². The van der Waals surface area contributed by atoms with Crippen molar-refractivity contribution in [3.63, 3.8) is 0 Å². The van der Waals surface area contributed by atoms with Crippen molar-refractivity contribution in [3.8, 4) is 5.75 Å². The molecular formula is C32H43Cl2FN2O5. The number of nitrogens with one attached hydrogen (secondary N) is 1. The van der Waals surface area contributed by atoms with Gasteiger partial charge in [-0.05, 0) is 107 Å². The van der Waals surface area contributed by atoms with Gasteiger partial charge in [0.05, 0.1) is 17.6 Å². The number of halogens is 3. The summed E-state index contributed by atoms with van der Waals surface area (Å²) in [6.07, 6.45) is 2.76. The molecule has 4 rings (SSSR count). The van der Waals surface area contributed by atoms with E-state index < -0.39 is 35.9 Å². The van der Waals surface area contributed by atoms with Crippen LogP contribution in [0, 0.1) is 11.7 Å². The van der Waals surface area contributed by atoms with Crippen LogP contribution in [0.2, 0.25) is 10.0 Å². The van der Waals surface area contributed by atoms with Crippen molar-refractivity contribution in [2.24, 2.45) is 5.92 Å². The number of benzene rings is 2. The third kappa shape index (κ3) is 8.29. The Kier molecular flexibility index (Phi) is 11.0. The molecule has 0 spiro atoms. The standard InChI is InChI=1S/C32H43Cl2FN2O5/c1-32(2,3)42-31(39)37-18-25(16-28(37)30(38)40-5)41-24-13-22(29(34)27(35)15-24)12-19-6-8-20(9-7-19)26-14-23(33)11-10-21(26)17-36-4/h10-11,13-15,19-20,25,28,30,36,38H,6-9,12,16-18H2,1-5H3/t19-,20-,25-,28-,30?/m0/s1. The Morgan fingerprint density at radius 1 is 1.14 bits per heavy atom. The Morgan fingerprint density at radius 3 is 2.50 bits per heavy atom. The van der Waals surface area contributed by atoms with Gasteiger partial charge in [-0.25, -0.2) is 9.18 Å². The molecule has 2 aromatic rings. The van der Waals surface area contributed by atoms with Gasteiger partial charge in [0.1, 0.15) is 23.3 Å². The van der Waals surface area contributed by atoms with Crippen molar-refractivity contribution < 1.29 is 28.5 Å². The first-order valence-corrected chi connectivity index (χ1v) is 15.4. The maximum atomic E-state index is 15.0. The summed E-state index contributed by atoms with van der Waals surface area (Å²) in [5.41, 5.74) is 2.60. The van der Waals surface area contributed by atoms with Crippen molar-refractivity contribution in [2.75, 3.05) is 20.7 Å². The summed E-state index contributed by atoms with van der Waals surface area (Å²) in [7, 11) is 3.32. The van der Waals surface area contributed by atoms with E-state index in [4.69, 9.17) is 37.4 Å². The summed E-state index contributed by atoms with van der Waals surface area (Å²) in [4.78, 5) is 14.3. The van der Waals surface area contributed by atoms with Gasteiger partial charge in [0.2, 0.25) is 0 Å². The third-order valence-corrected chi connectivity index (χ3v) is 8.81. The lowest BCUT2D eigenvalue weighted by Gasteiger charge is -2.30. The summed E-state index contributed by atoms with van der Waals surface area (Å²) in [6.45, 7) is 6.30. The first kappa shape index (κ1) is 32.8. The fourth-order valence-electron chi connectivity index (χ4n) is 6.18. The fourth-order valence-corrected chi connectivity index (χ4v) is 6.55. The Labute approximate surface area is 258 Å². The number of amides is 1. The van der Waals surface area contributed by atoms with Gasteiger partial charge in [0, 0.05) is 31.2 Å². The lowest BCUT2D eigenvalue weighted by atomic mass is 9.75. The molecule has 232 valence electrons. The van der Waals surface area contributed by atoms with E-state index in [1.165, 1.54) is 29.2 Å². The van der Waals surface area contributed by atoms with E-state index in [1.54, 1.807) is 26.8 Å². The molecule has 2 aliphatic rings. The molecule has 1 aliphatic heterocycles. The predicted molar refractivity (Wildman–Crippen MR) is 163 cm³/mol. The van der Waals surface area contributed by atoms with Crippen molar-refractivity contribution >= 4 is 29.3 Å². The van der Waals surface area contributed by atoms with E-state index in [0.717, 1.165) is 37.3 Å². The van der Waals surface area contributed by atoms with Crippen LogP contribution in [0.15, 0.2) is 30.3 Å².